The van der Waals surface area contributed by atoms with Crippen molar-refractivity contribution in [3.05, 3.63) is 35.9 Å². The van der Waals surface area contributed by atoms with Crippen molar-refractivity contribution in [1.29, 1.82) is 0 Å². The van der Waals surface area contributed by atoms with E-state index in [0.29, 0.717) is 0 Å². The minimum Gasteiger partial charge on any atom is -0.299 e. The number of alkyl halides is 1. The smallest absolute Gasteiger partial charge is 0.0233 e. The van der Waals surface area contributed by atoms with Gasteiger partial charge in [0.1, 0.15) is 0 Å². The van der Waals surface area contributed by atoms with Gasteiger partial charge in [0.05, 0.1) is 0 Å². The molecule has 0 saturated heterocycles. The Balaban J connectivity index is 0.000000921. The molecule has 0 fully saturated rings. The van der Waals surface area contributed by atoms with Crippen molar-refractivity contribution >= 4 is 11.6 Å². The summed E-state index contributed by atoms with van der Waals surface area (Å²) in [4.78, 5) is 2.47. The van der Waals surface area contributed by atoms with Gasteiger partial charge in [-0.05, 0) is 25.1 Å². The lowest BCUT2D eigenvalue weighted by atomic mass is 10.2. The Morgan fingerprint density at radius 3 is 2.13 bits per heavy atom. The summed E-state index contributed by atoms with van der Waals surface area (Å²) in [6, 6.07) is 10.7. The van der Waals surface area contributed by atoms with Gasteiger partial charge in [-0.15, -0.1) is 11.6 Å². The van der Waals surface area contributed by atoms with Crippen molar-refractivity contribution in [2.75, 3.05) is 19.5 Å². The van der Waals surface area contributed by atoms with Crippen LogP contribution < -0.4 is 0 Å². The van der Waals surface area contributed by atoms with Crippen LogP contribution in [0, 0.1) is 0 Å². The molecule has 0 aliphatic rings. The quantitative estimate of drug-likeness (QED) is 0.693. The van der Waals surface area contributed by atoms with Crippen LogP contribution in [0.3, 0.4) is 0 Å². The summed E-state index contributed by atoms with van der Waals surface area (Å²) >= 11 is 4.64. The summed E-state index contributed by atoms with van der Waals surface area (Å²) in [5, 5.41) is 0. The molecule has 0 unspecified atom stereocenters. The maximum absolute atomic E-state index is 4.64. The zero-order valence-corrected chi connectivity index (χ0v) is 10.8. The Kier molecular flexibility index (Phi) is 9.65. The molecule has 0 bridgehead atoms. The van der Waals surface area contributed by atoms with Crippen molar-refractivity contribution in [3.63, 3.8) is 0 Å². The third-order valence-corrected chi connectivity index (χ3v) is 2.24. The van der Waals surface area contributed by atoms with E-state index < -0.39 is 0 Å². The number of hydrogen-bond donors (Lipinski definition) is 0. The van der Waals surface area contributed by atoms with Crippen LogP contribution in [-0.4, -0.2) is 24.4 Å². The highest BCUT2D eigenvalue weighted by molar-refractivity contribution is 6.15. The van der Waals surface area contributed by atoms with Gasteiger partial charge in [0, 0.05) is 12.9 Å². The van der Waals surface area contributed by atoms with Gasteiger partial charge in [0.15, 0.2) is 0 Å². The van der Waals surface area contributed by atoms with Crippen molar-refractivity contribution in [1.82, 2.24) is 4.90 Å². The molecule has 0 N–H and O–H groups in total. The van der Waals surface area contributed by atoms with Gasteiger partial charge in [-0.2, -0.15) is 0 Å². The third kappa shape index (κ3) is 6.53. The molecule has 0 aromatic heterocycles. The molecule has 2 heteroatoms. The van der Waals surface area contributed by atoms with Gasteiger partial charge in [-0.1, -0.05) is 44.2 Å². The number of benzene rings is 1. The molecule has 1 nitrogen and oxygen atoms in total. The molecule has 0 heterocycles. The van der Waals surface area contributed by atoms with Crippen LogP contribution in [0.1, 0.15) is 25.8 Å². The van der Waals surface area contributed by atoms with E-state index in [9.17, 15) is 0 Å². The van der Waals surface area contributed by atoms with Crippen LogP contribution in [0.4, 0.5) is 0 Å². The molecule has 0 radical (unpaired) electrons. The van der Waals surface area contributed by atoms with E-state index in [2.05, 4.69) is 60.7 Å². The molecule has 0 amide bonds. The zero-order chi connectivity index (χ0) is 11.5. The maximum atomic E-state index is 4.64. The van der Waals surface area contributed by atoms with Crippen molar-refractivity contribution < 1.29 is 0 Å². The summed E-state index contributed by atoms with van der Waals surface area (Å²) in [5.74, 6) is 0. The monoisotopic (exact) mass is 227 g/mol. The fraction of sp³-hybridized carbons (Fsp3) is 0.538. The van der Waals surface area contributed by atoms with Crippen LogP contribution in [-0.2, 0) is 6.54 Å². The molecule has 0 atom stereocenters. The van der Waals surface area contributed by atoms with E-state index in [1.165, 1.54) is 24.9 Å². The lowest BCUT2D eigenvalue weighted by molar-refractivity contribution is 0.280. The first-order valence-corrected chi connectivity index (χ1v) is 6.26. The lowest BCUT2D eigenvalue weighted by Gasteiger charge is -2.19. The molecule has 1 aromatic rings. The maximum Gasteiger partial charge on any atom is 0.0233 e. The summed E-state index contributed by atoms with van der Waals surface area (Å²) in [5.41, 5.74) is 1.41. The SMILES string of the molecule is CCCN(CC)Cc1ccccc1.CCl. The Bertz CT molecular complexity index is 223. The number of rotatable bonds is 5. The first-order valence-electron chi connectivity index (χ1n) is 5.51. The van der Waals surface area contributed by atoms with Crippen LogP contribution >= 0.6 is 11.6 Å². The summed E-state index contributed by atoms with van der Waals surface area (Å²) < 4.78 is 0. The van der Waals surface area contributed by atoms with Gasteiger partial charge in [0.25, 0.3) is 0 Å². The number of hydrogen-bond acceptors (Lipinski definition) is 1. The molecule has 15 heavy (non-hydrogen) atoms. The molecule has 86 valence electrons. The Morgan fingerprint density at radius 1 is 1.07 bits per heavy atom. The van der Waals surface area contributed by atoms with E-state index in [-0.39, 0.29) is 0 Å². The zero-order valence-electron chi connectivity index (χ0n) is 10.0. The lowest BCUT2D eigenvalue weighted by Crippen LogP contribution is -2.23. The molecule has 0 aliphatic carbocycles. The van der Waals surface area contributed by atoms with Crippen LogP contribution in [0.15, 0.2) is 30.3 Å². The third-order valence-electron chi connectivity index (χ3n) is 2.24. The summed E-state index contributed by atoms with van der Waals surface area (Å²) in [7, 11) is 0. The topological polar surface area (TPSA) is 3.24 Å². The predicted molar refractivity (Wildman–Crippen MR) is 69.5 cm³/mol. The predicted octanol–water partition coefficient (Wildman–Crippen LogP) is 3.77. The molecular weight excluding hydrogens is 206 g/mol. The van der Waals surface area contributed by atoms with Crippen molar-refractivity contribution in [2.24, 2.45) is 0 Å². The second-order valence-corrected chi connectivity index (χ2v) is 3.35. The molecule has 1 aromatic carbocycles. The fourth-order valence-corrected chi connectivity index (χ4v) is 1.51. The molecule has 0 saturated carbocycles. The number of nitrogens with zero attached hydrogens (tertiary/aromatic N) is 1. The first kappa shape index (κ1) is 14.5. The Hall–Kier alpha value is -0.530. The number of halogens is 1. The largest absolute Gasteiger partial charge is 0.299 e. The van der Waals surface area contributed by atoms with Gasteiger partial charge in [0.2, 0.25) is 0 Å². The first-order chi connectivity index (χ1) is 7.36. The highest BCUT2D eigenvalue weighted by Gasteiger charge is 2.00. The van der Waals surface area contributed by atoms with E-state index >= 15 is 0 Å². The molecule has 1 rings (SSSR count). The molecular formula is C13H22ClN. The van der Waals surface area contributed by atoms with Crippen molar-refractivity contribution in [3.8, 4) is 0 Å². The highest BCUT2D eigenvalue weighted by atomic mass is 35.5. The fourth-order valence-electron chi connectivity index (χ4n) is 1.51. The summed E-state index contributed by atoms with van der Waals surface area (Å²) in [6.07, 6.45) is 2.71. The minimum atomic E-state index is 1.09. The highest BCUT2D eigenvalue weighted by Crippen LogP contribution is 2.04. The second kappa shape index (κ2) is 10.0. The van der Waals surface area contributed by atoms with Gasteiger partial charge >= 0.3 is 0 Å². The molecule has 0 spiro atoms. The van der Waals surface area contributed by atoms with Crippen LogP contribution in [0.25, 0.3) is 0 Å². The van der Waals surface area contributed by atoms with E-state index in [4.69, 9.17) is 0 Å². The Morgan fingerprint density at radius 2 is 1.67 bits per heavy atom. The van der Waals surface area contributed by atoms with Crippen molar-refractivity contribution in [2.45, 2.75) is 26.8 Å². The van der Waals surface area contributed by atoms with Gasteiger partial charge in [-0.3, -0.25) is 4.90 Å². The average Bonchev–Trinajstić information content (AvgIpc) is 2.32. The Labute approximate surface area is 99.1 Å². The molecule has 0 aliphatic heterocycles. The van der Waals surface area contributed by atoms with E-state index in [1.54, 1.807) is 0 Å². The normalized spacial score (nSPS) is 9.67. The van der Waals surface area contributed by atoms with E-state index in [1.807, 2.05) is 0 Å². The minimum absolute atomic E-state index is 1.09. The average molecular weight is 228 g/mol. The summed E-state index contributed by atoms with van der Waals surface area (Å²) in [6.45, 7) is 7.88. The van der Waals surface area contributed by atoms with E-state index in [0.717, 1.165) is 13.1 Å². The van der Waals surface area contributed by atoms with Crippen LogP contribution in [0.5, 0.6) is 0 Å². The standard InChI is InChI=1S/C12H19N.CH3Cl/c1-3-10-13(4-2)11-12-8-6-5-7-9-12;1-2/h5-9H,3-4,10-11H2,1-2H3;1H3. The second-order valence-electron chi connectivity index (χ2n) is 3.35. The van der Waals surface area contributed by atoms with Crippen LogP contribution in [0.2, 0.25) is 0 Å². The van der Waals surface area contributed by atoms with Gasteiger partial charge in [-0.25, -0.2) is 0 Å². The van der Waals surface area contributed by atoms with Gasteiger partial charge < -0.3 is 0 Å².